The molecule has 2 N–H and O–H groups in total. The van der Waals surface area contributed by atoms with Gasteiger partial charge in [-0.2, -0.15) is 9.40 Å². The maximum absolute atomic E-state index is 12.8. The molecule has 0 saturated carbocycles. The van der Waals surface area contributed by atoms with Crippen molar-refractivity contribution >= 4 is 27.8 Å². The first-order chi connectivity index (χ1) is 13.1. The number of aromatic nitrogens is 2. The van der Waals surface area contributed by atoms with Crippen LogP contribution in [0.1, 0.15) is 20.8 Å². The summed E-state index contributed by atoms with van der Waals surface area (Å²) in [6.45, 7) is 6.65. The Hall–Kier alpha value is -2.34. The summed E-state index contributed by atoms with van der Waals surface area (Å²) in [5.74, 6) is 0. The summed E-state index contributed by atoms with van der Waals surface area (Å²) in [5.41, 5.74) is -0.0678. The summed E-state index contributed by atoms with van der Waals surface area (Å²) in [7, 11) is -3.52. The van der Waals surface area contributed by atoms with Crippen LogP contribution >= 0.6 is 0 Å². The molecule has 0 atom stereocenters. The van der Waals surface area contributed by atoms with Crippen molar-refractivity contribution in [1.82, 2.24) is 24.3 Å². The molecular weight excluding hydrogens is 388 g/mol. The quantitative estimate of drug-likeness (QED) is 0.742. The molecule has 2 aliphatic heterocycles. The van der Waals surface area contributed by atoms with Gasteiger partial charge in [-0.1, -0.05) is 0 Å². The minimum Gasteiger partial charge on any atom is -0.444 e. The first kappa shape index (κ1) is 20.4. The summed E-state index contributed by atoms with van der Waals surface area (Å²) >= 11 is 0. The number of hydrogen-bond donors (Lipinski definition) is 2. The summed E-state index contributed by atoms with van der Waals surface area (Å²) in [4.78, 5) is 27.1. The number of H-pyrrole nitrogens is 1. The molecule has 12 heteroatoms. The normalized spacial score (nSPS) is 19.2. The molecule has 0 unspecified atom stereocenters. The van der Waals surface area contributed by atoms with Crippen molar-refractivity contribution in [3.8, 4) is 0 Å². The fourth-order valence-electron chi connectivity index (χ4n) is 2.98. The Kier molecular flexibility index (Phi) is 5.53. The van der Waals surface area contributed by atoms with Crippen molar-refractivity contribution in [2.45, 2.75) is 31.6 Å². The lowest BCUT2D eigenvalue weighted by Gasteiger charge is -2.42. The van der Waals surface area contributed by atoms with E-state index in [-0.39, 0.29) is 45.3 Å². The molecule has 2 fully saturated rings. The first-order valence-corrected chi connectivity index (χ1v) is 10.6. The number of likely N-dealkylation sites (tertiary alicyclic amines) is 1. The van der Waals surface area contributed by atoms with Crippen LogP contribution in [-0.4, -0.2) is 95.0 Å². The highest BCUT2D eigenvalue weighted by atomic mass is 32.2. The van der Waals surface area contributed by atoms with Crippen molar-refractivity contribution < 1.29 is 22.7 Å². The van der Waals surface area contributed by atoms with Crippen LogP contribution in [-0.2, 0) is 14.8 Å². The third-order valence-electron chi connectivity index (χ3n) is 4.56. The van der Waals surface area contributed by atoms with E-state index in [4.69, 9.17) is 4.74 Å². The fourth-order valence-corrected chi connectivity index (χ4v) is 4.81. The Morgan fingerprint density at radius 3 is 2.36 bits per heavy atom. The van der Waals surface area contributed by atoms with E-state index in [1.807, 2.05) is 0 Å². The van der Waals surface area contributed by atoms with E-state index >= 15 is 0 Å². The number of carbonyl (C=O) groups is 2. The Morgan fingerprint density at radius 2 is 1.82 bits per heavy atom. The SMILES string of the molecule is CC(C)(C)OC(=O)N1CCN(S(=O)(=O)C2CN(C(=O)Nc3cn[nH]c3)C2)CC1. The zero-order valence-electron chi connectivity index (χ0n) is 16.2. The molecular formula is C16H26N6O5S. The fraction of sp³-hybridized carbons (Fsp3) is 0.688. The van der Waals surface area contributed by atoms with Gasteiger partial charge < -0.3 is 19.9 Å². The Bertz CT molecular complexity index is 805. The van der Waals surface area contributed by atoms with Gasteiger partial charge in [-0.25, -0.2) is 18.0 Å². The van der Waals surface area contributed by atoms with Crippen LogP contribution in [0.2, 0.25) is 0 Å². The maximum atomic E-state index is 12.8. The Balaban J connectivity index is 1.47. The van der Waals surface area contributed by atoms with Gasteiger partial charge in [0.05, 0.1) is 11.9 Å². The van der Waals surface area contributed by atoms with Gasteiger partial charge in [0.15, 0.2) is 0 Å². The van der Waals surface area contributed by atoms with E-state index in [1.165, 1.54) is 26.5 Å². The van der Waals surface area contributed by atoms with Crippen LogP contribution in [0.25, 0.3) is 0 Å². The van der Waals surface area contributed by atoms with E-state index < -0.39 is 27.0 Å². The highest BCUT2D eigenvalue weighted by molar-refractivity contribution is 7.89. The maximum Gasteiger partial charge on any atom is 0.410 e. The lowest BCUT2D eigenvalue weighted by molar-refractivity contribution is 0.0191. The number of anilines is 1. The second-order valence-electron chi connectivity index (χ2n) is 7.86. The van der Waals surface area contributed by atoms with E-state index in [2.05, 4.69) is 15.5 Å². The van der Waals surface area contributed by atoms with Crippen LogP contribution in [0.5, 0.6) is 0 Å². The molecule has 3 rings (SSSR count). The zero-order chi connectivity index (χ0) is 20.5. The summed E-state index contributed by atoms with van der Waals surface area (Å²) in [5, 5.41) is 8.33. The third kappa shape index (κ3) is 4.55. The molecule has 0 radical (unpaired) electrons. The van der Waals surface area contributed by atoms with Gasteiger partial charge in [-0.15, -0.1) is 0 Å². The van der Waals surface area contributed by atoms with Gasteiger partial charge in [0, 0.05) is 45.5 Å². The molecule has 0 bridgehead atoms. The zero-order valence-corrected chi connectivity index (χ0v) is 17.0. The number of piperazine rings is 1. The van der Waals surface area contributed by atoms with Crippen LogP contribution < -0.4 is 5.32 Å². The number of ether oxygens (including phenoxy) is 1. The molecule has 0 aliphatic carbocycles. The van der Waals surface area contributed by atoms with Crippen molar-refractivity contribution in [2.75, 3.05) is 44.6 Å². The Labute approximate surface area is 164 Å². The van der Waals surface area contributed by atoms with Crippen LogP contribution in [0, 0.1) is 0 Å². The van der Waals surface area contributed by atoms with E-state index in [0.717, 1.165) is 0 Å². The molecule has 28 heavy (non-hydrogen) atoms. The first-order valence-electron chi connectivity index (χ1n) is 9.08. The lowest BCUT2D eigenvalue weighted by Crippen LogP contribution is -2.62. The molecule has 1 aromatic heterocycles. The van der Waals surface area contributed by atoms with Crippen LogP contribution in [0.3, 0.4) is 0 Å². The smallest absolute Gasteiger partial charge is 0.410 e. The number of rotatable bonds is 3. The van der Waals surface area contributed by atoms with Gasteiger partial charge in [-0.3, -0.25) is 5.10 Å². The average Bonchev–Trinajstić information content (AvgIpc) is 3.04. The third-order valence-corrected chi connectivity index (χ3v) is 6.78. The summed E-state index contributed by atoms with van der Waals surface area (Å²) in [6.07, 6.45) is 2.57. The number of sulfonamides is 1. The molecule has 0 spiro atoms. The van der Waals surface area contributed by atoms with Gasteiger partial charge in [0.2, 0.25) is 10.0 Å². The van der Waals surface area contributed by atoms with Gasteiger partial charge in [0.25, 0.3) is 0 Å². The summed E-state index contributed by atoms with van der Waals surface area (Å²) in [6, 6.07) is -0.359. The largest absolute Gasteiger partial charge is 0.444 e. The molecule has 3 heterocycles. The standard InChI is InChI=1S/C16H26N6O5S/c1-16(2,3)27-15(24)20-4-6-22(7-5-20)28(25,26)13-10-21(11-13)14(23)19-12-8-17-18-9-12/h8-9,13H,4-7,10-11H2,1-3H3,(H,17,18)(H,19,23). The Morgan fingerprint density at radius 1 is 1.18 bits per heavy atom. The second kappa shape index (κ2) is 7.59. The highest BCUT2D eigenvalue weighted by Gasteiger charge is 2.44. The summed E-state index contributed by atoms with van der Waals surface area (Å²) < 4.78 is 32.3. The second-order valence-corrected chi connectivity index (χ2v) is 10.1. The predicted molar refractivity (Wildman–Crippen MR) is 101 cm³/mol. The lowest BCUT2D eigenvalue weighted by atomic mass is 10.2. The van der Waals surface area contributed by atoms with Gasteiger partial charge >= 0.3 is 12.1 Å². The van der Waals surface area contributed by atoms with Crippen molar-refractivity contribution in [3.05, 3.63) is 12.4 Å². The number of aromatic amines is 1. The molecule has 11 nitrogen and oxygen atoms in total. The minimum absolute atomic E-state index is 0.137. The molecule has 156 valence electrons. The van der Waals surface area contributed by atoms with Crippen molar-refractivity contribution in [1.29, 1.82) is 0 Å². The van der Waals surface area contributed by atoms with E-state index in [1.54, 1.807) is 20.8 Å². The van der Waals surface area contributed by atoms with Crippen LogP contribution in [0.15, 0.2) is 12.4 Å². The highest BCUT2D eigenvalue weighted by Crippen LogP contribution is 2.22. The number of amides is 3. The molecule has 2 aliphatic rings. The van der Waals surface area contributed by atoms with Crippen molar-refractivity contribution in [3.63, 3.8) is 0 Å². The predicted octanol–water partition coefficient (Wildman–Crippen LogP) is 0.508. The number of carbonyl (C=O) groups excluding carboxylic acids is 2. The van der Waals surface area contributed by atoms with Gasteiger partial charge in [0.1, 0.15) is 10.9 Å². The number of hydrogen-bond acceptors (Lipinski definition) is 6. The van der Waals surface area contributed by atoms with E-state index in [0.29, 0.717) is 5.69 Å². The number of nitrogens with zero attached hydrogens (tertiary/aromatic N) is 4. The van der Waals surface area contributed by atoms with E-state index in [9.17, 15) is 18.0 Å². The molecule has 1 aromatic rings. The number of urea groups is 1. The van der Waals surface area contributed by atoms with Crippen LogP contribution in [0.4, 0.5) is 15.3 Å². The molecule has 3 amide bonds. The topological polar surface area (TPSA) is 128 Å². The van der Waals surface area contributed by atoms with Gasteiger partial charge in [-0.05, 0) is 20.8 Å². The van der Waals surface area contributed by atoms with Crippen molar-refractivity contribution in [2.24, 2.45) is 0 Å². The molecule has 0 aromatic carbocycles. The minimum atomic E-state index is -3.52. The average molecular weight is 414 g/mol. The molecule has 2 saturated heterocycles. The number of nitrogens with one attached hydrogen (secondary N) is 2. The monoisotopic (exact) mass is 414 g/mol.